The molecular weight excluding hydrogens is 254 g/mol. The summed E-state index contributed by atoms with van der Waals surface area (Å²) in [6, 6.07) is 3.87. The summed E-state index contributed by atoms with van der Waals surface area (Å²) in [7, 11) is 0. The topological polar surface area (TPSA) is 65.2 Å². The average Bonchev–Trinajstić information content (AvgIpc) is 2.46. The number of carbonyl (C=O) groups excluding carboxylic acids is 1. The highest BCUT2D eigenvalue weighted by Crippen LogP contribution is 2.14. The number of aromatic nitrogens is 1. The Bertz CT molecular complexity index is 538. The van der Waals surface area contributed by atoms with E-state index in [0.29, 0.717) is 12.6 Å². The molecule has 1 amide bonds. The van der Waals surface area contributed by atoms with Gasteiger partial charge < -0.3 is 15.2 Å². The van der Waals surface area contributed by atoms with Crippen LogP contribution in [0.5, 0.6) is 0 Å². The highest BCUT2D eigenvalue weighted by molar-refractivity contribution is 5.94. The summed E-state index contributed by atoms with van der Waals surface area (Å²) < 4.78 is 0. The molecule has 2 rings (SSSR count). The van der Waals surface area contributed by atoms with Gasteiger partial charge in [-0.3, -0.25) is 9.59 Å². The van der Waals surface area contributed by atoms with Gasteiger partial charge in [-0.2, -0.15) is 0 Å². The fraction of sp³-hybridized carbons (Fsp3) is 0.600. The predicted octanol–water partition coefficient (Wildman–Crippen LogP) is 1.29. The number of aryl methyl sites for hydroxylation is 1. The van der Waals surface area contributed by atoms with Crippen LogP contribution in [0.2, 0.25) is 0 Å². The second-order valence-electron chi connectivity index (χ2n) is 5.42. The van der Waals surface area contributed by atoms with E-state index >= 15 is 0 Å². The van der Waals surface area contributed by atoms with E-state index < -0.39 is 0 Å². The van der Waals surface area contributed by atoms with E-state index in [1.807, 2.05) is 11.8 Å². The van der Waals surface area contributed by atoms with Crippen LogP contribution >= 0.6 is 0 Å². The maximum atomic E-state index is 12.6. The van der Waals surface area contributed by atoms with E-state index in [2.05, 4.69) is 24.1 Å². The summed E-state index contributed by atoms with van der Waals surface area (Å²) in [5.41, 5.74) is 0.715. The van der Waals surface area contributed by atoms with Crippen LogP contribution in [0.3, 0.4) is 0 Å². The van der Waals surface area contributed by atoms with Gasteiger partial charge in [0.2, 0.25) is 0 Å². The van der Waals surface area contributed by atoms with Crippen molar-refractivity contribution in [2.75, 3.05) is 13.1 Å². The maximum Gasteiger partial charge on any atom is 0.260 e. The third-order valence-corrected chi connectivity index (χ3v) is 4.01. The number of H-pyrrole nitrogens is 1. The maximum absolute atomic E-state index is 12.6. The van der Waals surface area contributed by atoms with Gasteiger partial charge in [0.1, 0.15) is 5.56 Å². The summed E-state index contributed by atoms with van der Waals surface area (Å²) in [6.45, 7) is 7.44. The highest BCUT2D eigenvalue weighted by atomic mass is 16.2. The van der Waals surface area contributed by atoms with E-state index in [4.69, 9.17) is 0 Å². The van der Waals surface area contributed by atoms with Gasteiger partial charge in [0.15, 0.2) is 0 Å². The number of carbonyl (C=O) groups is 1. The molecule has 5 nitrogen and oxygen atoms in total. The van der Waals surface area contributed by atoms with Crippen LogP contribution in [0.15, 0.2) is 16.9 Å². The molecule has 1 aliphatic heterocycles. The van der Waals surface area contributed by atoms with Gasteiger partial charge >= 0.3 is 0 Å². The molecule has 1 fully saturated rings. The van der Waals surface area contributed by atoms with Gasteiger partial charge in [-0.05, 0) is 31.9 Å². The van der Waals surface area contributed by atoms with Crippen LogP contribution in [-0.4, -0.2) is 41.0 Å². The standard InChI is InChI=1S/C15H23N3O2/c1-4-11-9-18(12(5-2)8-16-11)15(20)13-7-6-10(3)17-14(13)19/h6-7,11-12,16H,4-5,8-9H2,1-3H3,(H,17,19). The lowest BCUT2D eigenvalue weighted by molar-refractivity contribution is 0.0574. The van der Waals surface area contributed by atoms with Crippen LogP contribution in [0, 0.1) is 6.92 Å². The molecule has 1 aromatic rings. The van der Waals surface area contributed by atoms with Gasteiger partial charge in [0.25, 0.3) is 11.5 Å². The number of piperazine rings is 1. The van der Waals surface area contributed by atoms with Gasteiger partial charge in [-0.15, -0.1) is 0 Å². The fourth-order valence-corrected chi connectivity index (χ4v) is 2.65. The first kappa shape index (κ1) is 14.8. The molecule has 0 aliphatic carbocycles. The van der Waals surface area contributed by atoms with Crippen molar-refractivity contribution in [3.8, 4) is 0 Å². The molecule has 1 saturated heterocycles. The Kier molecular flexibility index (Phi) is 4.60. The molecule has 1 aromatic heterocycles. The first-order valence-electron chi connectivity index (χ1n) is 7.31. The molecule has 5 heteroatoms. The molecule has 2 atom stereocenters. The third kappa shape index (κ3) is 2.93. The van der Waals surface area contributed by atoms with E-state index in [-0.39, 0.29) is 23.1 Å². The highest BCUT2D eigenvalue weighted by Gasteiger charge is 2.31. The lowest BCUT2D eigenvalue weighted by atomic mass is 10.0. The number of aromatic amines is 1. The number of nitrogens with zero attached hydrogens (tertiary/aromatic N) is 1. The predicted molar refractivity (Wildman–Crippen MR) is 79.0 cm³/mol. The minimum absolute atomic E-state index is 0.155. The van der Waals surface area contributed by atoms with Gasteiger partial charge in [-0.1, -0.05) is 13.8 Å². The smallest absolute Gasteiger partial charge is 0.260 e. The molecular formula is C15H23N3O2. The Morgan fingerprint density at radius 1 is 1.35 bits per heavy atom. The van der Waals surface area contributed by atoms with Crippen LogP contribution in [0.25, 0.3) is 0 Å². The Morgan fingerprint density at radius 2 is 2.10 bits per heavy atom. The van der Waals surface area contributed by atoms with Gasteiger partial charge in [-0.25, -0.2) is 0 Å². The van der Waals surface area contributed by atoms with Crippen molar-refractivity contribution in [1.82, 2.24) is 15.2 Å². The van der Waals surface area contributed by atoms with Crippen LogP contribution in [0.1, 0.15) is 42.7 Å². The van der Waals surface area contributed by atoms with Crippen molar-refractivity contribution < 1.29 is 4.79 Å². The molecule has 1 aliphatic rings. The monoisotopic (exact) mass is 277 g/mol. The Labute approximate surface area is 119 Å². The molecule has 110 valence electrons. The van der Waals surface area contributed by atoms with E-state index in [1.165, 1.54) is 0 Å². The van der Waals surface area contributed by atoms with E-state index in [0.717, 1.165) is 25.1 Å². The number of rotatable bonds is 3. The minimum Gasteiger partial charge on any atom is -0.333 e. The van der Waals surface area contributed by atoms with E-state index in [9.17, 15) is 9.59 Å². The summed E-state index contributed by atoms with van der Waals surface area (Å²) >= 11 is 0. The molecule has 2 heterocycles. The van der Waals surface area contributed by atoms with Crippen molar-refractivity contribution >= 4 is 5.91 Å². The molecule has 2 unspecified atom stereocenters. The molecule has 0 bridgehead atoms. The molecule has 20 heavy (non-hydrogen) atoms. The largest absolute Gasteiger partial charge is 0.333 e. The molecule has 0 saturated carbocycles. The van der Waals surface area contributed by atoms with E-state index in [1.54, 1.807) is 12.1 Å². The SMILES string of the molecule is CCC1CN(C(=O)c2ccc(C)[nH]c2=O)C(CC)CN1. The fourth-order valence-electron chi connectivity index (χ4n) is 2.65. The number of hydrogen-bond donors (Lipinski definition) is 2. The number of pyridine rings is 1. The molecule has 2 N–H and O–H groups in total. The number of hydrogen-bond acceptors (Lipinski definition) is 3. The number of amides is 1. The van der Waals surface area contributed by atoms with Crippen molar-refractivity contribution in [3.63, 3.8) is 0 Å². The first-order chi connectivity index (χ1) is 9.56. The van der Waals surface area contributed by atoms with Crippen LogP contribution in [0.4, 0.5) is 0 Å². The van der Waals surface area contributed by atoms with Gasteiger partial charge in [0, 0.05) is 30.9 Å². The van der Waals surface area contributed by atoms with Crippen molar-refractivity contribution in [1.29, 1.82) is 0 Å². The van der Waals surface area contributed by atoms with Gasteiger partial charge in [0.05, 0.1) is 0 Å². The quantitative estimate of drug-likeness (QED) is 0.875. The first-order valence-corrected chi connectivity index (χ1v) is 7.31. The molecule has 0 radical (unpaired) electrons. The zero-order chi connectivity index (χ0) is 14.7. The normalized spacial score (nSPS) is 22.9. The lowest BCUT2D eigenvalue weighted by Gasteiger charge is -2.39. The Morgan fingerprint density at radius 3 is 2.70 bits per heavy atom. The van der Waals surface area contributed by atoms with Crippen LogP contribution in [-0.2, 0) is 0 Å². The average molecular weight is 277 g/mol. The van der Waals surface area contributed by atoms with Crippen molar-refractivity contribution in [3.05, 3.63) is 33.7 Å². The summed E-state index contributed by atoms with van der Waals surface area (Å²) in [4.78, 5) is 29.1. The number of nitrogens with one attached hydrogen (secondary N) is 2. The summed E-state index contributed by atoms with van der Waals surface area (Å²) in [5.74, 6) is -0.155. The van der Waals surface area contributed by atoms with Crippen molar-refractivity contribution in [2.45, 2.75) is 45.7 Å². The zero-order valence-corrected chi connectivity index (χ0v) is 12.4. The summed E-state index contributed by atoms with van der Waals surface area (Å²) in [6.07, 6.45) is 1.86. The Hall–Kier alpha value is -1.62. The van der Waals surface area contributed by atoms with Crippen LogP contribution < -0.4 is 10.9 Å². The zero-order valence-electron chi connectivity index (χ0n) is 12.4. The second-order valence-corrected chi connectivity index (χ2v) is 5.42. The molecule has 0 aromatic carbocycles. The third-order valence-electron chi connectivity index (χ3n) is 4.01. The lowest BCUT2D eigenvalue weighted by Crippen LogP contribution is -2.58. The molecule has 0 spiro atoms. The minimum atomic E-state index is -0.295. The second kappa shape index (κ2) is 6.22. The summed E-state index contributed by atoms with van der Waals surface area (Å²) in [5, 5.41) is 3.45. The Balaban J connectivity index is 2.26. The van der Waals surface area contributed by atoms with Crippen molar-refractivity contribution in [2.24, 2.45) is 0 Å².